The Morgan fingerprint density at radius 2 is 1.82 bits per heavy atom. The molecule has 2 atom stereocenters. The van der Waals surface area contributed by atoms with Crippen LogP contribution in [0, 0.1) is 0 Å². The number of sulfonamides is 1. The predicted octanol–water partition coefficient (Wildman–Crippen LogP) is 2.62. The second kappa shape index (κ2) is 6.56. The van der Waals surface area contributed by atoms with E-state index in [1.54, 1.807) is 12.1 Å². The third kappa shape index (κ3) is 3.45. The lowest BCUT2D eigenvalue weighted by Crippen LogP contribution is -2.48. The summed E-state index contributed by atoms with van der Waals surface area (Å²) in [5, 5.41) is 0. The molecule has 0 aromatic heterocycles. The van der Waals surface area contributed by atoms with Crippen molar-refractivity contribution < 1.29 is 17.9 Å². The van der Waals surface area contributed by atoms with Gasteiger partial charge in [-0.25, -0.2) is 8.42 Å². The maximum Gasteiger partial charge on any atom is 0.246 e. The van der Waals surface area contributed by atoms with Gasteiger partial charge in [0, 0.05) is 13.1 Å². The molecule has 1 aromatic carbocycles. The van der Waals surface area contributed by atoms with Crippen molar-refractivity contribution in [1.82, 2.24) is 4.31 Å². The Labute approximate surface area is 133 Å². The van der Waals surface area contributed by atoms with Gasteiger partial charge in [0.25, 0.3) is 0 Å². The van der Waals surface area contributed by atoms with Gasteiger partial charge in [0.2, 0.25) is 10.0 Å². The molecule has 0 bridgehead atoms. The number of hydrogen-bond donors (Lipinski definition) is 0. The van der Waals surface area contributed by atoms with Gasteiger partial charge in [0.1, 0.15) is 10.6 Å². The van der Waals surface area contributed by atoms with Crippen molar-refractivity contribution in [3.05, 3.63) is 23.8 Å². The third-order valence-electron chi connectivity index (χ3n) is 3.86. The van der Waals surface area contributed by atoms with E-state index >= 15 is 0 Å². The fourth-order valence-corrected chi connectivity index (χ4v) is 4.50. The average molecular weight is 327 g/mol. The van der Waals surface area contributed by atoms with E-state index in [1.165, 1.54) is 11.4 Å². The lowest BCUT2D eigenvalue weighted by molar-refractivity contribution is -0.0441. The van der Waals surface area contributed by atoms with Gasteiger partial charge < -0.3 is 9.47 Å². The van der Waals surface area contributed by atoms with Gasteiger partial charge in [-0.15, -0.1) is 0 Å². The Hall–Kier alpha value is -1.11. The normalized spacial score (nSPS) is 23.7. The first-order chi connectivity index (χ1) is 10.3. The summed E-state index contributed by atoms with van der Waals surface area (Å²) in [6.07, 6.45) is -0.226. The molecule has 0 unspecified atom stereocenters. The number of hydrogen-bond acceptors (Lipinski definition) is 4. The summed E-state index contributed by atoms with van der Waals surface area (Å²) in [5.41, 5.74) is 0.980. The molecular formula is C16H25NO4S. The molecule has 1 aliphatic heterocycles. The summed E-state index contributed by atoms with van der Waals surface area (Å²) < 4.78 is 38.4. The number of methoxy groups -OCH3 is 1. The van der Waals surface area contributed by atoms with Crippen LogP contribution < -0.4 is 4.74 Å². The van der Waals surface area contributed by atoms with E-state index in [2.05, 4.69) is 0 Å². The summed E-state index contributed by atoms with van der Waals surface area (Å²) in [4.78, 5) is 0.238. The standard InChI is InChI=1S/C16H25NO4S/c1-11(2)14-6-7-15(20-5)16(8-14)22(18,19)17-9-12(3)21-13(4)10-17/h6-8,11-13H,9-10H2,1-5H3/t12-,13-/m0/s1. The van der Waals surface area contributed by atoms with Crippen molar-refractivity contribution in [2.45, 2.75) is 50.7 Å². The first-order valence-electron chi connectivity index (χ1n) is 7.59. The molecule has 0 amide bonds. The topological polar surface area (TPSA) is 55.8 Å². The number of ether oxygens (including phenoxy) is 2. The molecule has 5 nitrogen and oxygen atoms in total. The molecule has 0 aliphatic carbocycles. The minimum atomic E-state index is -3.60. The highest BCUT2D eigenvalue weighted by Crippen LogP contribution is 2.31. The van der Waals surface area contributed by atoms with Gasteiger partial charge in [-0.1, -0.05) is 19.9 Å². The molecule has 1 heterocycles. The summed E-state index contributed by atoms with van der Waals surface area (Å²) in [7, 11) is -2.10. The number of nitrogens with zero attached hydrogens (tertiary/aromatic N) is 1. The molecule has 2 rings (SSSR count). The number of benzene rings is 1. The Morgan fingerprint density at radius 3 is 2.32 bits per heavy atom. The van der Waals surface area contributed by atoms with Crippen LogP contribution in [-0.2, 0) is 14.8 Å². The fraction of sp³-hybridized carbons (Fsp3) is 0.625. The van der Waals surface area contributed by atoms with Crippen LogP contribution in [0.1, 0.15) is 39.2 Å². The van der Waals surface area contributed by atoms with Crippen molar-refractivity contribution in [3.8, 4) is 5.75 Å². The van der Waals surface area contributed by atoms with Crippen LogP contribution in [0.5, 0.6) is 5.75 Å². The summed E-state index contributed by atoms with van der Waals surface area (Å²) in [5.74, 6) is 0.638. The summed E-state index contributed by atoms with van der Waals surface area (Å²) >= 11 is 0. The largest absolute Gasteiger partial charge is 0.495 e. The fourth-order valence-electron chi connectivity index (χ4n) is 2.72. The van der Waals surface area contributed by atoms with Gasteiger partial charge in [-0.2, -0.15) is 4.31 Å². The van der Waals surface area contributed by atoms with Gasteiger partial charge in [0.15, 0.2) is 0 Å². The molecular weight excluding hydrogens is 302 g/mol. The lowest BCUT2D eigenvalue weighted by Gasteiger charge is -2.34. The second-order valence-electron chi connectivity index (χ2n) is 6.14. The van der Waals surface area contributed by atoms with Crippen LogP contribution in [0.4, 0.5) is 0 Å². The van der Waals surface area contributed by atoms with Crippen LogP contribution in [0.2, 0.25) is 0 Å². The minimum absolute atomic E-state index is 0.113. The van der Waals surface area contributed by atoms with Crippen LogP contribution in [0.15, 0.2) is 23.1 Å². The van der Waals surface area contributed by atoms with Crippen LogP contribution >= 0.6 is 0 Å². The van der Waals surface area contributed by atoms with E-state index in [1.807, 2.05) is 33.8 Å². The van der Waals surface area contributed by atoms with E-state index in [0.717, 1.165) is 5.56 Å². The zero-order chi connectivity index (χ0) is 16.5. The predicted molar refractivity (Wildman–Crippen MR) is 85.9 cm³/mol. The maximum absolute atomic E-state index is 13.0. The van der Waals surface area contributed by atoms with Crippen molar-refractivity contribution in [3.63, 3.8) is 0 Å². The van der Waals surface area contributed by atoms with Gasteiger partial charge in [-0.3, -0.25) is 0 Å². The molecule has 0 N–H and O–H groups in total. The van der Waals surface area contributed by atoms with Crippen molar-refractivity contribution >= 4 is 10.0 Å². The molecule has 6 heteroatoms. The zero-order valence-corrected chi connectivity index (χ0v) is 14.7. The molecule has 1 saturated heterocycles. The first kappa shape index (κ1) is 17.2. The summed E-state index contributed by atoms with van der Waals surface area (Å²) in [6, 6.07) is 5.37. The quantitative estimate of drug-likeness (QED) is 0.853. The van der Waals surface area contributed by atoms with E-state index in [0.29, 0.717) is 18.8 Å². The monoisotopic (exact) mass is 327 g/mol. The van der Waals surface area contributed by atoms with E-state index in [-0.39, 0.29) is 23.0 Å². The van der Waals surface area contributed by atoms with Crippen LogP contribution in [-0.4, -0.2) is 45.1 Å². The molecule has 1 fully saturated rings. The first-order valence-corrected chi connectivity index (χ1v) is 9.03. The second-order valence-corrected chi connectivity index (χ2v) is 8.05. The van der Waals surface area contributed by atoms with Crippen molar-refractivity contribution in [2.75, 3.05) is 20.2 Å². The molecule has 0 radical (unpaired) electrons. The van der Waals surface area contributed by atoms with Crippen LogP contribution in [0.3, 0.4) is 0 Å². The lowest BCUT2D eigenvalue weighted by atomic mass is 10.0. The van der Waals surface area contributed by atoms with Crippen molar-refractivity contribution in [2.24, 2.45) is 0 Å². The maximum atomic E-state index is 13.0. The van der Waals surface area contributed by atoms with Crippen LogP contribution in [0.25, 0.3) is 0 Å². The van der Waals surface area contributed by atoms with Crippen molar-refractivity contribution in [1.29, 1.82) is 0 Å². The van der Waals surface area contributed by atoms with E-state index < -0.39 is 10.0 Å². The molecule has 0 saturated carbocycles. The highest BCUT2D eigenvalue weighted by atomic mass is 32.2. The minimum Gasteiger partial charge on any atom is -0.495 e. The molecule has 124 valence electrons. The Balaban J connectivity index is 2.45. The van der Waals surface area contributed by atoms with Gasteiger partial charge in [-0.05, 0) is 37.5 Å². The molecule has 1 aliphatic rings. The Kier molecular flexibility index (Phi) is 5.14. The van der Waals surface area contributed by atoms with Gasteiger partial charge in [0.05, 0.1) is 19.3 Å². The highest BCUT2D eigenvalue weighted by molar-refractivity contribution is 7.89. The zero-order valence-electron chi connectivity index (χ0n) is 13.9. The Morgan fingerprint density at radius 1 is 1.23 bits per heavy atom. The van der Waals surface area contributed by atoms with Gasteiger partial charge >= 0.3 is 0 Å². The Bertz CT molecular complexity index is 617. The molecule has 1 aromatic rings. The molecule has 22 heavy (non-hydrogen) atoms. The smallest absolute Gasteiger partial charge is 0.246 e. The SMILES string of the molecule is COc1ccc(C(C)C)cc1S(=O)(=O)N1C[C@H](C)O[C@@H](C)C1. The number of morpholine rings is 1. The molecule has 0 spiro atoms. The average Bonchev–Trinajstić information content (AvgIpc) is 2.45. The van der Waals surface area contributed by atoms with E-state index in [4.69, 9.17) is 9.47 Å². The summed E-state index contributed by atoms with van der Waals surface area (Å²) in [6.45, 7) is 8.58. The number of rotatable bonds is 4. The van der Waals surface area contributed by atoms with E-state index in [9.17, 15) is 8.42 Å². The highest BCUT2D eigenvalue weighted by Gasteiger charge is 2.34. The third-order valence-corrected chi connectivity index (χ3v) is 5.71.